The van der Waals surface area contributed by atoms with E-state index in [0.29, 0.717) is 18.6 Å². The zero-order valence-electron chi connectivity index (χ0n) is 12.4. The molecule has 6 heteroatoms. The van der Waals surface area contributed by atoms with Gasteiger partial charge in [0.25, 0.3) is 0 Å². The Morgan fingerprint density at radius 1 is 1.09 bits per heavy atom. The number of nitrogens with zero attached hydrogens (tertiary/aromatic N) is 1. The van der Waals surface area contributed by atoms with Crippen LogP contribution in [0.2, 0.25) is 0 Å². The average Bonchev–Trinajstić information content (AvgIpc) is 2.80. The average molecular weight is 378 g/mol. The highest BCUT2D eigenvalue weighted by Gasteiger charge is 2.46. The summed E-state index contributed by atoms with van der Waals surface area (Å²) in [5.74, 6) is -0.859. The molecule has 0 N–H and O–H groups in total. The summed E-state index contributed by atoms with van der Waals surface area (Å²) < 4.78 is 6.09. The Bertz CT molecular complexity index is 642. The molecule has 1 fully saturated rings. The highest BCUT2D eigenvalue weighted by molar-refractivity contribution is 9.10. The van der Waals surface area contributed by atoms with Gasteiger partial charge in [-0.3, -0.25) is 19.3 Å². The van der Waals surface area contributed by atoms with Crippen molar-refractivity contribution >= 4 is 33.7 Å². The van der Waals surface area contributed by atoms with E-state index < -0.39 is 5.97 Å². The maximum absolute atomic E-state index is 12.3. The third kappa shape index (κ3) is 3.37. The fourth-order valence-corrected chi connectivity index (χ4v) is 3.24. The summed E-state index contributed by atoms with van der Waals surface area (Å²) in [4.78, 5) is 37.6. The minimum Gasteiger partial charge on any atom is -0.426 e. The Morgan fingerprint density at radius 2 is 1.65 bits per heavy atom. The zero-order valence-corrected chi connectivity index (χ0v) is 14.0. The molecule has 1 aromatic rings. The summed E-state index contributed by atoms with van der Waals surface area (Å²) in [6.07, 6.45) is 5.10. The van der Waals surface area contributed by atoms with Crippen LogP contribution >= 0.6 is 15.9 Å². The van der Waals surface area contributed by atoms with Gasteiger partial charge in [0.15, 0.2) is 0 Å². The first kappa shape index (κ1) is 15.9. The van der Waals surface area contributed by atoms with Crippen molar-refractivity contribution < 1.29 is 19.1 Å². The highest BCUT2D eigenvalue weighted by atomic mass is 79.9. The second-order valence-electron chi connectivity index (χ2n) is 5.66. The van der Waals surface area contributed by atoms with Gasteiger partial charge >= 0.3 is 5.97 Å². The van der Waals surface area contributed by atoms with Gasteiger partial charge in [-0.1, -0.05) is 28.1 Å². The number of fused-ring (bicyclic) bond motifs is 1. The molecule has 1 saturated heterocycles. The van der Waals surface area contributed by atoms with E-state index >= 15 is 0 Å². The first-order valence-corrected chi connectivity index (χ1v) is 8.32. The minimum absolute atomic E-state index is 0.000409. The van der Waals surface area contributed by atoms with Gasteiger partial charge in [0, 0.05) is 11.0 Å². The molecule has 0 bridgehead atoms. The first-order valence-electron chi connectivity index (χ1n) is 7.52. The van der Waals surface area contributed by atoms with Gasteiger partial charge in [-0.25, -0.2) is 0 Å². The predicted octanol–water partition coefficient (Wildman–Crippen LogP) is 2.70. The summed E-state index contributed by atoms with van der Waals surface area (Å²) >= 11 is 3.30. The third-order valence-electron chi connectivity index (χ3n) is 4.18. The van der Waals surface area contributed by atoms with Gasteiger partial charge < -0.3 is 4.74 Å². The van der Waals surface area contributed by atoms with Crippen LogP contribution in [0.25, 0.3) is 0 Å². The number of ether oxygens (including phenoxy) is 1. The molecule has 0 spiro atoms. The predicted molar refractivity (Wildman–Crippen MR) is 86.5 cm³/mol. The molecular formula is C17H16BrNO4. The van der Waals surface area contributed by atoms with Crippen LogP contribution < -0.4 is 4.74 Å². The van der Waals surface area contributed by atoms with Crippen LogP contribution in [0.15, 0.2) is 40.9 Å². The second-order valence-corrected chi connectivity index (χ2v) is 6.58. The number of likely N-dealkylation sites (tertiary alicyclic amines) is 1. The largest absolute Gasteiger partial charge is 0.426 e. The quantitative estimate of drug-likeness (QED) is 0.350. The van der Waals surface area contributed by atoms with Crippen molar-refractivity contribution in [3.05, 3.63) is 40.9 Å². The molecule has 2 amide bonds. The van der Waals surface area contributed by atoms with E-state index in [1.807, 2.05) is 12.2 Å². The van der Waals surface area contributed by atoms with Crippen molar-refractivity contribution in [3.8, 4) is 5.75 Å². The van der Waals surface area contributed by atoms with Gasteiger partial charge in [0.1, 0.15) is 5.75 Å². The third-order valence-corrected chi connectivity index (χ3v) is 4.71. The molecule has 0 aromatic heterocycles. The van der Waals surface area contributed by atoms with Crippen LogP contribution in [0.5, 0.6) is 5.75 Å². The Hall–Kier alpha value is -1.95. The number of hydrogen-bond acceptors (Lipinski definition) is 4. The molecule has 0 radical (unpaired) electrons. The Morgan fingerprint density at radius 3 is 2.22 bits per heavy atom. The van der Waals surface area contributed by atoms with Gasteiger partial charge in [0.2, 0.25) is 11.8 Å². The number of carbonyl (C=O) groups excluding carboxylic acids is 3. The number of hydrogen-bond donors (Lipinski definition) is 0. The van der Waals surface area contributed by atoms with Crippen LogP contribution in [-0.4, -0.2) is 29.2 Å². The van der Waals surface area contributed by atoms with Gasteiger partial charge in [-0.15, -0.1) is 0 Å². The number of benzene rings is 1. The summed E-state index contributed by atoms with van der Waals surface area (Å²) in [5.41, 5.74) is 0. The van der Waals surface area contributed by atoms with E-state index in [4.69, 9.17) is 4.74 Å². The number of imide groups is 1. The standard InChI is InChI=1S/C17H16BrNO4/c18-11-5-7-12(8-6-11)23-15(20)9-10-19-16(21)13-3-1-2-4-14(13)17(19)22/h1-2,5-8,13-14H,3-4,9-10H2/t13-,14+. The monoisotopic (exact) mass is 377 g/mol. The fourth-order valence-electron chi connectivity index (χ4n) is 2.98. The Labute approximate surface area is 142 Å². The molecule has 5 nitrogen and oxygen atoms in total. The zero-order chi connectivity index (χ0) is 16.4. The normalized spacial score (nSPS) is 23.1. The smallest absolute Gasteiger partial charge is 0.312 e. The number of carbonyl (C=O) groups is 3. The Balaban J connectivity index is 1.56. The Kier molecular flexibility index (Phi) is 4.61. The maximum Gasteiger partial charge on any atom is 0.312 e. The molecule has 1 heterocycles. The number of amides is 2. The molecular weight excluding hydrogens is 362 g/mol. The van der Waals surface area contributed by atoms with E-state index in [9.17, 15) is 14.4 Å². The molecule has 120 valence electrons. The first-order chi connectivity index (χ1) is 11.1. The van der Waals surface area contributed by atoms with Crippen molar-refractivity contribution in [2.45, 2.75) is 19.3 Å². The van der Waals surface area contributed by atoms with E-state index in [1.165, 1.54) is 4.90 Å². The fraction of sp³-hybridized carbons (Fsp3) is 0.353. The van der Waals surface area contributed by atoms with Gasteiger partial charge in [0.05, 0.1) is 18.3 Å². The van der Waals surface area contributed by atoms with Crippen molar-refractivity contribution in [2.24, 2.45) is 11.8 Å². The van der Waals surface area contributed by atoms with Crippen LogP contribution in [0.3, 0.4) is 0 Å². The molecule has 2 aliphatic rings. The molecule has 1 aromatic carbocycles. The second kappa shape index (κ2) is 6.66. The summed E-state index contributed by atoms with van der Waals surface area (Å²) in [6, 6.07) is 6.89. The molecule has 23 heavy (non-hydrogen) atoms. The number of allylic oxidation sites excluding steroid dienone is 2. The lowest BCUT2D eigenvalue weighted by molar-refractivity contribution is -0.141. The molecule has 0 unspecified atom stereocenters. The molecule has 2 atom stereocenters. The molecule has 3 rings (SSSR count). The van der Waals surface area contributed by atoms with Crippen LogP contribution in [0.4, 0.5) is 0 Å². The SMILES string of the molecule is O=C(CCN1C(=O)[C@H]2CC=CC[C@H]2C1=O)Oc1ccc(Br)cc1. The van der Waals surface area contributed by atoms with E-state index in [-0.39, 0.29) is 36.6 Å². The number of esters is 1. The highest BCUT2D eigenvalue weighted by Crippen LogP contribution is 2.35. The summed E-state index contributed by atoms with van der Waals surface area (Å²) in [5, 5.41) is 0. The van der Waals surface area contributed by atoms with Crippen LogP contribution in [0, 0.1) is 11.8 Å². The van der Waals surface area contributed by atoms with E-state index in [1.54, 1.807) is 24.3 Å². The molecule has 1 aliphatic heterocycles. The van der Waals surface area contributed by atoms with Crippen LogP contribution in [0.1, 0.15) is 19.3 Å². The van der Waals surface area contributed by atoms with Crippen molar-refractivity contribution in [1.29, 1.82) is 0 Å². The van der Waals surface area contributed by atoms with Gasteiger partial charge in [-0.05, 0) is 37.1 Å². The van der Waals surface area contributed by atoms with E-state index in [2.05, 4.69) is 15.9 Å². The lowest BCUT2D eigenvalue weighted by atomic mass is 9.85. The minimum atomic E-state index is -0.457. The molecule has 1 aliphatic carbocycles. The van der Waals surface area contributed by atoms with Crippen molar-refractivity contribution in [2.75, 3.05) is 6.54 Å². The number of rotatable bonds is 4. The van der Waals surface area contributed by atoms with Crippen molar-refractivity contribution in [3.63, 3.8) is 0 Å². The lowest BCUT2D eigenvalue weighted by Crippen LogP contribution is -2.33. The maximum atomic E-state index is 12.3. The van der Waals surface area contributed by atoms with Gasteiger partial charge in [-0.2, -0.15) is 0 Å². The van der Waals surface area contributed by atoms with Crippen molar-refractivity contribution in [1.82, 2.24) is 4.90 Å². The molecule has 0 saturated carbocycles. The lowest BCUT2D eigenvalue weighted by Gasteiger charge is -2.14. The summed E-state index contributed by atoms with van der Waals surface area (Å²) in [7, 11) is 0. The van der Waals surface area contributed by atoms with E-state index in [0.717, 1.165) is 4.47 Å². The number of halogens is 1. The van der Waals surface area contributed by atoms with Crippen LogP contribution in [-0.2, 0) is 14.4 Å². The topological polar surface area (TPSA) is 63.7 Å². The summed E-state index contributed by atoms with van der Waals surface area (Å²) in [6.45, 7) is 0.0834.